The quantitative estimate of drug-likeness (QED) is 0.690. The average Bonchev–Trinajstić information content (AvgIpc) is 3.09. The van der Waals surface area contributed by atoms with Gasteiger partial charge in [0.05, 0.1) is 12.5 Å². The molecule has 3 aromatic rings. The SMILES string of the molecule is COc1ccccc1Cc1cnc(NC(=O)C(C)(C)c2ccccc2)s1. The van der Waals surface area contributed by atoms with Crippen LogP contribution in [0.5, 0.6) is 5.75 Å². The van der Waals surface area contributed by atoms with Gasteiger partial charge in [-0.25, -0.2) is 4.98 Å². The molecule has 4 nitrogen and oxygen atoms in total. The van der Waals surface area contributed by atoms with Crippen LogP contribution >= 0.6 is 11.3 Å². The Labute approximate surface area is 157 Å². The number of rotatable bonds is 6. The zero-order valence-corrected chi connectivity index (χ0v) is 16.0. The number of methoxy groups -OCH3 is 1. The number of hydrogen-bond acceptors (Lipinski definition) is 4. The summed E-state index contributed by atoms with van der Waals surface area (Å²) in [5.74, 6) is 0.790. The first kappa shape index (κ1) is 18.1. The molecule has 2 aromatic carbocycles. The van der Waals surface area contributed by atoms with E-state index in [0.717, 1.165) is 28.2 Å². The third-order valence-corrected chi connectivity index (χ3v) is 5.31. The van der Waals surface area contributed by atoms with Crippen LogP contribution in [-0.4, -0.2) is 18.0 Å². The van der Waals surface area contributed by atoms with Crippen molar-refractivity contribution in [3.63, 3.8) is 0 Å². The molecule has 0 spiro atoms. The second-order valence-electron chi connectivity index (χ2n) is 6.57. The molecule has 0 bridgehead atoms. The lowest BCUT2D eigenvalue weighted by Gasteiger charge is -2.23. The summed E-state index contributed by atoms with van der Waals surface area (Å²) in [6.45, 7) is 3.84. The lowest BCUT2D eigenvalue weighted by atomic mass is 9.84. The van der Waals surface area contributed by atoms with Crippen molar-refractivity contribution in [2.45, 2.75) is 25.7 Å². The molecule has 0 atom stereocenters. The van der Waals surface area contributed by atoms with E-state index in [1.165, 1.54) is 11.3 Å². The average molecular weight is 366 g/mol. The van der Waals surface area contributed by atoms with E-state index in [0.29, 0.717) is 5.13 Å². The Morgan fingerprint density at radius 1 is 1.12 bits per heavy atom. The van der Waals surface area contributed by atoms with Crippen molar-refractivity contribution in [1.82, 2.24) is 4.98 Å². The number of anilines is 1. The highest BCUT2D eigenvalue weighted by atomic mass is 32.1. The number of thiazole rings is 1. The highest BCUT2D eigenvalue weighted by Gasteiger charge is 2.30. The second-order valence-corrected chi connectivity index (χ2v) is 7.68. The molecule has 3 rings (SSSR count). The predicted octanol–water partition coefficient (Wildman–Crippen LogP) is 4.66. The summed E-state index contributed by atoms with van der Waals surface area (Å²) in [5, 5.41) is 3.57. The van der Waals surface area contributed by atoms with Crippen molar-refractivity contribution < 1.29 is 9.53 Å². The number of carbonyl (C=O) groups is 1. The molecule has 134 valence electrons. The number of ether oxygens (including phenoxy) is 1. The van der Waals surface area contributed by atoms with E-state index < -0.39 is 5.41 Å². The summed E-state index contributed by atoms with van der Waals surface area (Å²) in [4.78, 5) is 18.2. The van der Waals surface area contributed by atoms with Gasteiger partial charge in [0, 0.05) is 17.5 Å². The predicted molar refractivity (Wildman–Crippen MR) is 106 cm³/mol. The molecule has 0 saturated carbocycles. The molecule has 1 heterocycles. The first-order valence-electron chi connectivity index (χ1n) is 8.44. The van der Waals surface area contributed by atoms with Crippen LogP contribution in [0.25, 0.3) is 0 Å². The van der Waals surface area contributed by atoms with Gasteiger partial charge in [0.1, 0.15) is 5.75 Å². The summed E-state index contributed by atoms with van der Waals surface area (Å²) in [6, 6.07) is 17.7. The minimum atomic E-state index is -0.629. The highest BCUT2D eigenvalue weighted by Crippen LogP contribution is 2.28. The van der Waals surface area contributed by atoms with Gasteiger partial charge >= 0.3 is 0 Å². The van der Waals surface area contributed by atoms with Crippen LogP contribution in [-0.2, 0) is 16.6 Å². The molecule has 0 radical (unpaired) electrons. The van der Waals surface area contributed by atoms with Gasteiger partial charge in [-0.15, -0.1) is 11.3 Å². The van der Waals surface area contributed by atoms with Crippen molar-refractivity contribution in [3.05, 3.63) is 76.8 Å². The first-order valence-corrected chi connectivity index (χ1v) is 9.26. The molecule has 1 aromatic heterocycles. The molecular formula is C21H22N2O2S. The highest BCUT2D eigenvalue weighted by molar-refractivity contribution is 7.15. The normalized spacial score (nSPS) is 11.2. The Bertz CT molecular complexity index is 888. The van der Waals surface area contributed by atoms with Crippen molar-refractivity contribution in [2.75, 3.05) is 12.4 Å². The van der Waals surface area contributed by atoms with E-state index in [4.69, 9.17) is 4.74 Å². The van der Waals surface area contributed by atoms with Crippen LogP contribution in [0.4, 0.5) is 5.13 Å². The largest absolute Gasteiger partial charge is 0.496 e. The Kier molecular flexibility index (Phi) is 5.38. The maximum Gasteiger partial charge on any atom is 0.236 e. The van der Waals surface area contributed by atoms with Gasteiger partial charge in [-0.1, -0.05) is 48.5 Å². The molecule has 26 heavy (non-hydrogen) atoms. The van der Waals surface area contributed by atoms with Gasteiger partial charge in [-0.2, -0.15) is 0 Å². The molecule has 0 aliphatic heterocycles. The number of nitrogens with zero attached hydrogens (tertiary/aromatic N) is 1. The molecule has 1 N–H and O–H groups in total. The van der Waals surface area contributed by atoms with Gasteiger partial charge in [-0.3, -0.25) is 4.79 Å². The van der Waals surface area contributed by atoms with Crippen molar-refractivity contribution in [3.8, 4) is 5.75 Å². The number of nitrogens with one attached hydrogen (secondary N) is 1. The van der Waals surface area contributed by atoms with Gasteiger partial charge < -0.3 is 10.1 Å². The Morgan fingerprint density at radius 3 is 2.54 bits per heavy atom. The number of benzene rings is 2. The molecule has 5 heteroatoms. The van der Waals surface area contributed by atoms with Gasteiger partial charge in [-0.05, 0) is 31.0 Å². The Balaban J connectivity index is 1.71. The maximum atomic E-state index is 12.7. The molecule has 0 unspecified atom stereocenters. The van der Waals surface area contributed by atoms with Crippen LogP contribution in [0.1, 0.15) is 29.9 Å². The minimum Gasteiger partial charge on any atom is -0.496 e. The van der Waals surface area contributed by atoms with Crippen LogP contribution < -0.4 is 10.1 Å². The van der Waals surface area contributed by atoms with E-state index in [2.05, 4.69) is 10.3 Å². The van der Waals surface area contributed by atoms with Crippen LogP contribution in [0, 0.1) is 0 Å². The van der Waals surface area contributed by atoms with Crippen LogP contribution in [0.2, 0.25) is 0 Å². The molecule has 0 aliphatic rings. The minimum absolute atomic E-state index is 0.0677. The summed E-state index contributed by atoms with van der Waals surface area (Å²) in [5.41, 5.74) is 1.44. The second kappa shape index (κ2) is 7.70. The summed E-state index contributed by atoms with van der Waals surface area (Å²) < 4.78 is 5.40. The smallest absolute Gasteiger partial charge is 0.236 e. The van der Waals surface area contributed by atoms with Crippen LogP contribution in [0.15, 0.2) is 60.8 Å². The van der Waals surface area contributed by atoms with Crippen molar-refractivity contribution in [2.24, 2.45) is 0 Å². The summed E-state index contributed by atoms with van der Waals surface area (Å²) >= 11 is 1.49. The van der Waals surface area contributed by atoms with E-state index in [9.17, 15) is 4.79 Å². The summed E-state index contributed by atoms with van der Waals surface area (Å²) in [6.07, 6.45) is 2.53. The molecule has 1 amide bonds. The van der Waals surface area contributed by atoms with E-state index in [1.807, 2.05) is 74.6 Å². The lowest BCUT2D eigenvalue weighted by molar-refractivity contribution is -0.120. The standard InChI is InChI=1S/C21H22N2O2S/c1-21(2,16-10-5-4-6-11-16)19(24)23-20-22-14-17(26-20)13-15-9-7-8-12-18(15)25-3/h4-12,14H,13H2,1-3H3,(H,22,23,24). The fourth-order valence-corrected chi connectivity index (χ4v) is 3.55. The van der Waals surface area contributed by atoms with E-state index in [-0.39, 0.29) is 5.91 Å². The molecule has 0 fully saturated rings. The number of hydrogen-bond donors (Lipinski definition) is 1. The molecule has 0 aliphatic carbocycles. The molecular weight excluding hydrogens is 344 g/mol. The monoisotopic (exact) mass is 366 g/mol. The topological polar surface area (TPSA) is 51.2 Å². The molecule has 0 saturated heterocycles. The zero-order valence-electron chi connectivity index (χ0n) is 15.2. The Morgan fingerprint density at radius 2 is 1.81 bits per heavy atom. The van der Waals surface area contributed by atoms with Crippen molar-refractivity contribution in [1.29, 1.82) is 0 Å². The fraction of sp³-hybridized carbons (Fsp3) is 0.238. The van der Waals surface area contributed by atoms with Gasteiger partial charge in [0.25, 0.3) is 0 Å². The third-order valence-electron chi connectivity index (χ3n) is 4.39. The number of para-hydroxylation sites is 1. The summed E-state index contributed by atoms with van der Waals surface area (Å²) in [7, 11) is 1.67. The van der Waals surface area contributed by atoms with Crippen molar-refractivity contribution >= 4 is 22.4 Å². The number of aromatic nitrogens is 1. The number of amides is 1. The fourth-order valence-electron chi connectivity index (χ4n) is 2.72. The third kappa shape index (κ3) is 3.94. The maximum absolute atomic E-state index is 12.7. The van der Waals surface area contributed by atoms with Gasteiger partial charge in [0.15, 0.2) is 5.13 Å². The lowest BCUT2D eigenvalue weighted by Crippen LogP contribution is -2.34. The number of carbonyl (C=O) groups excluding carboxylic acids is 1. The zero-order chi connectivity index (χ0) is 18.6. The van der Waals surface area contributed by atoms with Crippen LogP contribution in [0.3, 0.4) is 0 Å². The van der Waals surface area contributed by atoms with E-state index in [1.54, 1.807) is 7.11 Å². The van der Waals surface area contributed by atoms with E-state index >= 15 is 0 Å². The van der Waals surface area contributed by atoms with Gasteiger partial charge in [0.2, 0.25) is 5.91 Å². The first-order chi connectivity index (χ1) is 12.5. The Hall–Kier alpha value is -2.66.